The minimum atomic E-state index is -0.227. The maximum atomic E-state index is 13.0. The van der Waals surface area contributed by atoms with Crippen molar-refractivity contribution < 1.29 is 9.59 Å². The summed E-state index contributed by atoms with van der Waals surface area (Å²) in [5.41, 5.74) is 2.14. The summed E-state index contributed by atoms with van der Waals surface area (Å²) in [4.78, 5) is 48.8. The average Bonchev–Trinajstić information content (AvgIpc) is 2.80. The van der Waals surface area contributed by atoms with Gasteiger partial charge in [0, 0.05) is 12.2 Å². The van der Waals surface area contributed by atoms with E-state index in [0.717, 1.165) is 17.7 Å². The van der Waals surface area contributed by atoms with Gasteiger partial charge < -0.3 is 15.2 Å². The molecule has 0 aliphatic carbocycles. The van der Waals surface area contributed by atoms with Gasteiger partial charge in [0.25, 0.3) is 5.56 Å². The summed E-state index contributed by atoms with van der Waals surface area (Å²) in [6, 6.07) is 14.7. The van der Waals surface area contributed by atoms with Gasteiger partial charge in [-0.3, -0.25) is 19.3 Å². The Morgan fingerprint density at radius 3 is 2.48 bits per heavy atom. The lowest BCUT2D eigenvalue weighted by Crippen LogP contribution is -2.44. The summed E-state index contributed by atoms with van der Waals surface area (Å²) in [7, 11) is 0. The predicted octanol–water partition coefficient (Wildman–Crippen LogP) is 2.93. The average molecular weight is 450 g/mol. The number of amides is 2. The highest BCUT2D eigenvalue weighted by molar-refractivity contribution is 5.95. The molecule has 2 aromatic carbocycles. The van der Waals surface area contributed by atoms with Crippen LogP contribution in [0.2, 0.25) is 0 Å². The van der Waals surface area contributed by atoms with Crippen LogP contribution in [0.25, 0.3) is 10.9 Å². The molecule has 2 N–H and O–H groups in total. The number of nitrogens with one attached hydrogen (secondary N) is 2. The van der Waals surface area contributed by atoms with E-state index in [-0.39, 0.29) is 30.5 Å². The molecule has 0 unspecified atom stereocenters. The Morgan fingerprint density at radius 2 is 1.76 bits per heavy atom. The number of carbonyl (C=O) groups excluding carboxylic acids is 2. The normalized spacial score (nSPS) is 11.0. The number of nitrogens with zero attached hydrogens (tertiary/aromatic N) is 3. The van der Waals surface area contributed by atoms with Gasteiger partial charge in [0.15, 0.2) is 0 Å². The van der Waals surface area contributed by atoms with Crippen molar-refractivity contribution in [3.8, 4) is 0 Å². The summed E-state index contributed by atoms with van der Waals surface area (Å²) in [5.74, 6) is 0.143. The van der Waals surface area contributed by atoms with Crippen molar-refractivity contribution in [2.45, 2.75) is 33.7 Å². The van der Waals surface area contributed by atoms with E-state index in [0.29, 0.717) is 36.4 Å². The van der Waals surface area contributed by atoms with Crippen LogP contribution in [0.1, 0.15) is 31.7 Å². The number of para-hydroxylation sites is 2. The molecule has 0 radical (unpaired) electrons. The number of rotatable bonds is 10. The molecule has 1 aromatic heterocycles. The van der Waals surface area contributed by atoms with Crippen molar-refractivity contribution in [1.82, 2.24) is 19.8 Å². The van der Waals surface area contributed by atoms with E-state index in [9.17, 15) is 14.4 Å². The van der Waals surface area contributed by atoms with E-state index in [1.807, 2.05) is 56.0 Å². The highest BCUT2D eigenvalue weighted by Crippen LogP contribution is 2.13. The summed E-state index contributed by atoms with van der Waals surface area (Å²) in [5, 5.41) is 3.42. The molecule has 3 aromatic rings. The molecule has 0 saturated carbocycles. The number of fused-ring (bicyclic) bond motifs is 1. The van der Waals surface area contributed by atoms with Crippen LogP contribution in [0.15, 0.2) is 53.3 Å². The van der Waals surface area contributed by atoms with Crippen LogP contribution >= 0.6 is 0 Å². The molecule has 0 atom stereocenters. The van der Waals surface area contributed by atoms with Crippen molar-refractivity contribution in [3.63, 3.8) is 0 Å². The zero-order chi connectivity index (χ0) is 23.8. The largest absolute Gasteiger partial charge is 0.332 e. The molecule has 0 bridgehead atoms. The lowest BCUT2D eigenvalue weighted by atomic mass is 10.2. The number of aromatic amines is 1. The van der Waals surface area contributed by atoms with Gasteiger partial charge in [-0.2, -0.15) is 0 Å². The molecule has 0 fully saturated rings. The fraction of sp³-hybridized carbons (Fsp3) is 0.360. The van der Waals surface area contributed by atoms with E-state index >= 15 is 0 Å². The van der Waals surface area contributed by atoms with Crippen LogP contribution in [0.3, 0.4) is 0 Å². The number of anilines is 1. The van der Waals surface area contributed by atoms with E-state index in [1.54, 1.807) is 23.1 Å². The zero-order valence-corrected chi connectivity index (χ0v) is 19.4. The van der Waals surface area contributed by atoms with Crippen molar-refractivity contribution in [1.29, 1.82) is 0 Å². The molecule has 0 aliphatic rings. The van der Waals surface area contributed by atoms with Gasteiger partial charge in [0.1, 0.15) is 5.82 Å². The molecule has 0 aliphatic heterocycles. The van der Waals surface area contributed by atoms with Gasteiger partial charge in [0.05, 0.1) is 30.5 Å². The summed E-state index contributed by atoms with van der Waals surface area (Å²) >= 11 is 0. The molecular formula is C25H31N5O3. The SMILES string of the molecule is CCCN(CC(=O)Nc1ccccc1C)C(=O)CN(CC)Cc1nc2ccccc2c(=O)[nH]1. The third kappa shape index (κ3) is 6.49. The van der Waals surface area contributed by atoms with Crippen molar-refractivity contribution in [2.24, 2.45) is 0 Å². The van der Waals surface area contributed by atoms with E-state index in [4.69, 9.17) is 0 Å². The standard InChI is InChI=1S/C25H31N5O3/c1-4-14-30(16-23(31)27-20-12-8-6-10-18(20)3)24(32)17-29(5-2)15-22-26-21-13-9-7-11-19(21)25(33)28-22/h6-13H,4-5,14-17H2,1-3H3,(H,27,31)(H,26,28,33). The predicted molar refractivity (Wildman–Crippen MR) is 130 cm³/mol. The smallest absolute Gasteiger partial charge is 0.258 e. The minimum absolute atomic E-state index is 0.0103. The number of hydrogen-bond acceptors (Lipinski definition) is 5. The second kappa shape index (κ2) is 11.4. The Hall–Kier alpha value is -3.52. The maximum absolute atomic E-state index is 13.0. The number of hydrogen-bond donors (Lipinski definition) is 2. The Bertz CT molecular complexity index is 1170. The highest BCUT2D eigenvalue weighted by atomic mass is 16.2. The van der Waals surface area contributed by atoms with Gasteiger partial charge >= 0.3 is 0 Å². The molecular weight excluding hydrogens is 418 g/mol. The Morgan fingerprint density at radius 1 is 1.03 bits per heavy atom. The lowest BCUT2D eigenvalue weighted by molar-refractivity contribution is -0.135. The Labute approximate surface area is 193 Å². The van der Waals surface area contributed by atoms with Crippen LogP contribution < -0.4 is 10.9 Å². The number of aryl methyl sites for hydroxylation is 1. The van der Waals surface area contributed by atoms with Gasteiger partial charge in [-0.05, 0) is 43.7 Å². The van der Waals surface area contributed by atoms with Gasteiger partial charge in [0.2, 0.25) is 11.8 Å². The monoisotopic (exact) mass is 449 g/mol. The third-order valence-electron chi connectivity index (χ3n) is 5.44. The number of benzene rings is 2. The fourth-order valence-corrected chi connectivity index (χ4v) is 3.63. The van der Waals surface area contributed by atoms with E-state index in [2.05, 4.69) is 15.3 Å². The van der Waals surface area contributed by atoms with Crippen LogP contribution in [-0.4, -0.2) is 57.8 Å². The molecule has 8 nitrogen and oxygen atoms in total. The zero-order valence-electron chi connectivity index (χ0n) is 19.4. The first-order valence-electron chi connectivity index (χ1n) is 11.2. The Kier molecular flexibility index (Phi) is 8.32. The van der Waals surface area contributed by atoms with Crippen molar-refractivity contribution in [3.05, 3.63) is 70.3 Å². The van der Waals surface area contributed by atoms with E-state index < -0.39 is 0 Å². The topological polar surface area (TPSA) is 98.4 Å². The number of carbonyl (C=O) groups is 2. The molecule has 0 saturated heterocycles. The summed E-state index contributed by atoms with van der Waals surface area (Å²) < 4.78 is 0. The van der Waals surface area contributed by atoms with Crippen LogP contribution in [0.4, 0.5) is 5.69 Å². The first kappa shape index (κ1) is 24.1. The first-order chi connectivity index (χ1) is 15.9. The minimum Gasteiger partial charge on any atom is -0.332 e. The van der Waals surface area contributed by atoms with Crippen molar-refractivity contribution in [2.75, 3.05) is 31.5 Å². The van der Waals surface area contributed by atoms with Gasteiger partial charge in [-0.1, -0.05) is 44.2 Å². The van der Waals surface area contributed by atoms with Gasteiger partial charge in [-0.25, -0.2) is 4.98 Å². The van der Waals surface area contributed by atoms with Crippen molar-refractivity contribution >= 4 is 28.4 Å². The molecule has 1 heterocycles. The summed E-state index contributed by atoms with van der Waals surface area (Å²) in [6.45, 7) is 7.38. The first-order valence-corrected chi connectivity index (χ1v) is 11.2. The maximum Gasteiger partial charge on any atom is 0.258 e. The second-order valence-electron chi connectivity index (χ2n) is 8.01. The van der Waals surface area contributed by atoms with Crippen LogP contribution in [-0.2, 0) is 16.1 Å². The molecule has 33 heavy (non-hydrogen) atoms. The van der Waals surface area contributed by atoms with Crippen LogP contribution in [0.5, 0.6) is 0 Å². The fourth-order valence-electron chi connectivity index (χ4n) is 3.63. The molecule has 8 heteroatoms. The molecule has 0 spiro atoms. The quantitative estimate of drug-likeness (QED) is 0.496. The Balaban J connectivity index is 1.66. The molecule has 2 amide bonds. The summed E-state index contributed by atoms with van der Waals surface area (Å²) in [6.07, 6.45) is 0.745. The highest BCUT2D eigenvalue weighted by Gasteiger charge is 2.20. The second-order valence-corrected chi connectivity index (χ2v) is 8.01. The number of likely N-dealkylation sites (N-methyl/N-ethyl adjacent to an activating group) is 1. The lowest BCUT2D eigenvalue weighted by Gasteiger charge is -2.26. The number of aromatic nitrogens is 2. The third-order valence-corrected chi connectivity index (χ3v) is 5.44. The van der Waals surface area contributed by atoms with Gasteiger partial charge in [-0.15, -0.1) is 0 Å². The molecule has 174 valence electrons. The van der Waals surface area contributed by atoms with E-state index in [1.165, 1.54) is 0 Å². The van der Waals surface area contributed by atoms with Crippen LogP contribution in [0, 0.1) is 6.92 Å². The number of H-pyrrole nitrogens is 1. The molecule has 3 rings (SSSR count).